The molecule has 0 bridgehead atoms. The van der Waals surface area contributed by atoms with E-state index in [1.807, 2.05) is 0 Å². The topological polar surface area (TPSA) is 80.3 Å². The van der Waals surface area contributed by atoms with Gasteiger partial charge < -0.3 is 8.97 Å². The van der Waals surface area contributed by atoms with E-state index in [0.29, 0.717) is 0 Å². The third-order valence-electron chi connectivity index (χ3n) is 7.36. The second kappa shape index (κ2) is 31.5. The molecule has 0 atom stereocenters. The van der Waals surface area contributed by atoms with Gasteiger partial charge in [0.15, 0.2) is 0 Å². The first kappa shape index (κ1) is 45.6. The Hall–Kier alpha value is 0.128. The van der Waals surface area contributed by atoms with Crippen molar-refractivity contribution in [3.8, 4) is 0 Å². The van der Waals surface area contributed by atoms with Crippen molar-refractivity contribution >= 4 is 0 Å². The van der Waals surface area contributed by atoms with E-state index in [0.717, 1.165) is 8.97 Å². The standard InChI is InChI=1S/2C17H38N.Mo.4O/c2*1-5-6-7-8-9-10-11-12-13-14-15-16-17-18(2,3)4;;;;;/h2*5-17H2,1-4H3;;;;;/q2*+1;;;;2*-1. The van der Waals surface area contributed by atoms with Gasteiger partial charge in [-0.05, 0) is 25.7 Å². The molecule has 7 heteroatoms. The zero-order valence-electron chi connectivity index (χ0n) is 29.3. The van der Waals surface area contributed by atoms with Crippen LogP contribution in [-0.4, -0.2) is 64.3 Å². The molecule has 0 aromatic rings. The molecular weight excluding hydrogens is 596 g/mol. The van der Waals surface area contributed by atoms with Crippen molar-refractivity contribution in [1.82, 2.24) is 0 Å². The van der Waals surface area contributed by atoms with Gasteiger partial charge in [-0.1, -0.05) is 142 Å². The molecule has 41 heavy (non-hydrogen) atoms. The predicted octanol–water partition coefficient (Wildman–Crippen LogP) is 8.17. The maximum absolute atomic E-state index is 8.63. The van der Waals surface area contributed by atoms with Crippen LogP contribution in [0, 0.1) is 0 Å². The van der Waals surface area contributed by atoms with Crippen LogP contribution in [0.5, 0.6) is 0 Å². The van der Waals surface area contributed by atoms with Crippen LogP contribution in [0.15, 0.2) is 0 Å². The van der Waals surface area contributed by atoms with Crippen molar-refractivity contribution in [2.24, 2.45) is 0 Å². The normalized spacial score (nSPS) is 12.0. The minimum absolute atomic E-state index is 1.12. The van der Waals surface area contributed by atoms with Crippen molar-refractivity contribution in [3.63, 3.8) is 0 Å². The number of hydrogen-bond donors (Lipinski definition) is 0. The Morgan fingerprint density at radius 3 is 0.659 bits per heavy atom. The molecule has 0 aliphatic heterocycles. The Labute approximate surface area is 262 Å². The Morgan fingerprint density at radius 2 is 0.512 bits per heavy atom. The van der Waals surface area contributed by atoms with E-state index in [-0.39, 0.29) is 0 Å². The summed E-state index contributed by atoms with van der Waals surface area (Å²) in [6.45, 7) is 7.24. The first-order valence-corrected chi connectivity index (χ1v) is 20.7. The Bertz CT molecular complexity index is 553. The molecular formula is C34H76MoN2O4. The molecule has 0 fully saturated rings. The van der Waals surface area contributed by atoms with Gasteiger partial charge in [0, 0.05) is 0 Å². The Balaban J connectivity index is -0.000000604. The van der Waals surface area contributed by atoms with Crippen LogP contribution < -0.4 is 7.52 Å². The van der Waals surface area contributed by atoms with Crippen LogP contribution >= 0.6 is 0 Å². The molecule has 6 nitrogen and oxygen atoms in total. The molecule has 0 rings (SSSR count). The van der Waals surface area contributed by atoms with Gasteiger partial charge >= 0.3 is 31.1 Å². The molecule has 0 radical (unpaired) electrons. The van der Waals surface area contributed by atoms with Crippen LogP contribution in [0.25, 0.3) is 0 Å². The molecule has 0 aromatic heterocycles. The van der Waals surface area contributed by atoms with Crippen molar-refractivity contribution < 1.29 is 40.0 Å². The van der Waals surface area contributed by atoms with E-state index < -0.39 is 16.7 Å². The zero-order valence-corrected chi connectivity index (χ0v) is 31.3. The summed E-state index contributed by atoms with van der Waals surface area (Å²) in [6.07, 6.45) is 34.8. The predicted molar refractivity (Wildman–Crippen MR) is 169 cm³/mol. The van der Waals surface area contributed by atoms with Gasteiger partial charge in [0.2, 0.25) is 0 Å². The summed E-state index contributed by atoms with van der Waals surface area (Å²) in [5.74, 6) is 0. The number of rotatable bonds is 26. The van der Waals surface area contributed by atoms with E-state index in [1.165, 1.54) is 167 Å². The molecule has 0 heterocycles. The van der Waals surface area contributed by atoms with Gasteiger partial charge in [-0.15, -0.1) is 0 Å². The van der Waals surface area contributed by atoms with E-state index in [2.05, 4.69) is 56.1 Å². The van der Waals surface area contributed by atoms with Gasteiger partial charge in [-0.2, -0.15) is 0 Å². The van der Waals surface area contributed by atoms with Gasteiger partial charge in [-0.3, -0.25) is 0 Å². The van der Waals surface area contributed by atoms with Gasteiger partial charge in [0.1, 0.15) is 0 Å². The minimum atomic E-state index is -6.02. The number of hydrogen-bond acceptors (Lipinski definition) is 4. The fourth-order valence-electron chi connectivity index (χ4n) is 4.85. The zero-order chi connectivity index (χ0) is 31.9. The summed E-state index contributed by atoms with van der Waals surface area (Å²) in [5, 5.41) is 0. The molecule has 0 spiro atoms. The van der Waals surface area contributed by atoms with Crippen LogP contribution in [0.2, 0.25) is 0 Å². The summed E-state index contributed by atoms with van der Waals surface area (Å²) in [5.41, 5.74) is 0. The van der Waals surface area contributed by atoms with Crippen molar-refractivity contribution in [1.29, 1.82) is 0 Å². The monoisotopic (exact) mass is 674 g/mol. The van der Waals surface area contributed by atoms with Crippen molar-refractivity contribution in [2.45, 2.75) is 168 Å². The van der Waals surface area contributed by atoms with Crippen molar-refractivity contribution in [2.75, 3.05) is 55.4 Å². The van der Waals surface area contributed by atoms with Crippen LogP contribution in [0.3, 0.4) is 0 Å². The first-order valence-electron chi connectivity index (χ1n) is 17.4. The average molecular weight is 673 g/mol. The molecule has 0 saturated carbocycles. The number of nitrogens with zero attached hydrogens (tertiary/aromatic N) is 2. The summed E-state index contributed by atoms with van der Waals surface area (Å²) < 4.78 is 36.8. The molecule has 0 aliphatic rings. The number of quaternary nitrogens is 2. The Morgan fingerprint density at radius 1 is 0.366 bits per heavy atom. The summed E-state index contributed by atoms with van der Waals surface area (Å²) in [4.78, 5) is 0. The summed E-state index contributed by atoms with van der Waals surface area (Å²) in [7, 11) is 13.7. The second-order valence-corrected chi connectivity index (χ2v) is 16.2. The third-order valence-corrected chi connectivity index (χ3v) is 7.36. The van der Waals surface area contributed by atoms with Crippen molar-refractivity contribution in [3.05, 3.63) is 0 Å². The molecule has 0 aromatic carbocycles. The van der Waals surface area contributed by atoms with E-state index in [4.69, 9.17) is 14.3 Å². The molecule has 252 valence electrons. The molecule has 0 unspecified atom stereocenters. The fraction of sp³-hybridized carbons (Fsp3) is 1.00. The quantitative estimate of drug-likeness (QED) is 0.0528. The third kappa shape index (κ3) is 64.3. The van der Waals surface area contributed by atoms with Crippen LogP contribution in [-0.2, 0) is 23.5 Å². The average Bonchev–Trinajstić information content (AvgIpc) is 2.83. The Kier molecular flexibility index (Phi) is 35.1. The molecule has 0 aliphatic carbocycles. The summed E-state index contributed by atoms with van der Waals surface area (Å²) in [6, 6.07) is 0. The van der Waals surface area contributed by atoms with Crippen LogP contribution in [0.4, 0.5) is 0 Å². The molecule has 0 saturated heterocycles. The number of unbranched alkanes of at least 4 members (excludes halogenated alkanes) is 22. The second-order valence-electron chi connectivity index (χ2n) is 14.2. The fourth-order valence-corrected chi connectivity index (χ4v) is 4.85. The van der Waals surface area contributed by atoms with Gasteiger partial charge in [0.25, 0.3) is 0 Å². The van der Waals surface area contributed by atoms with Gasteiger partial charge in [0.05, 0.1) is 55.4 Å². The van der Waals surface area contributed by atoms with E-state index in [1.54, 1.807) is 0 Å². The van der Waals surface area contributed by atoms with E-state index >= 15 is 0 Å². The van der Waals surface area contributed by atoms with E-state index in [9.17, 15) is 0 Å². The molecule has 0 amide bonds. The SMILES string of the molecule is CCCCCCCCCCCCCC[N+](C)(C)C.CCCCCCCCCCCCCC[N+](C)(C)C.[O]=[Mo](=[O])([O-])[O-]. The van der Waals surface area contributed by atoms with Crippen LogP contribution in [0.1, 0.15) is 168 Å². The summed E-state index contributed by atoms with van der Waals surface area (Å²) >= 11 is -6.02. The molecule has 0 N–H and O–H groups in total. The first-order chi connectivity index (χ1) is 19.1. The van der Waals surface area contributed by atoms with Gasteiger partial charge in [-0.25, -0.2) is 0 Å². The maximum atomic E-state index is 8.63.